The summed E-state index contributed by atoms with van der Waals surface area (Å²) in [6.45, 7) is 5.11. The molecule has 0 aromatic heterocycles. The summed E-state index contributed by atoms with van der Waals surface area (Å²) in [4.78, 5) is 25.3. The molecule has 114 valence electrons. The molecule has 0 bridgehead atoms. The predicted octanol–water partition coefficient (Wildman–Crippen LogP) is 1.80. The summed E-state index contributed by atoms with van der Waals surface area (Å²) >= 11 is 0. The van der Waals surface area contributed by atoms with Crippen molar-refractivity contribution in [2.75, 3.05) is 13.1 Å². The first kappa shape index (κ1) is 15.4. The number of hydrogen-bond acceptors (Lipinski definition) is 4. The lowest BCUT2D eigenvalue weighted by Crippen LogP contribution is -2.51. The van der Waals surface area contributed by atoms with Crippen molar-refractivity contribution in [1.29, 1.82) is 0 Å². The zero-order valence-electron chi connectivity index (χ0n) is 12.7. The van der Waals surface area contributed by atoms with E-state index in [2.05, 4.69) is 17.6 Å². The van der Waals surface area contributed by atoms with Crippen molar-refractivity contribution in [3.05, 3.63) is 35.4 Å². The molecule has 0 aliphatic carbocycles. The minimum atomic E-state index is -0.524. The zero-order valence-corrected chi connectivity index (χ0v) is 12.7. The summed E-state index contributed by atoms with van der Waals surface area (Å²) in [5.41, 5.74) is 1.95. The smallest absolute Gasteiger partial charge is 0.294 e. The van der Waals surface area contributed by atoms with Crippen molar-refractivity contribution in [3.8, 4) is 0 Å². The van der Waals surface area contributed by atoms with Gasteiger partial charge in [0.2, 0.25) is 5.78 Å². The molecule has 0 spiro atoms. The van der Waals surface area contributed by atoms with Crippen LogP contribution in [0.25, 0.3) is 0 Å². The number of allylic oxidation sites excluding steroid dienone is 3. The molecule has 2 aliphatic rings. The van der Waals surface area contributed by atoms with Gasteiger partial charge in [-0.2, -0.15) is 0 Å². The number of nitrogens with one attached hydrogen (secondary N) is 2. The lowest BCUT2D eigenvalue weighted by Gasteiger charge is -2.32. The van der Waals surface area contributed by atoms with Crippen LogP contribution >= 0.6 is 0 Å². The summed E-state index contributed by atoms with van der Waals surface area (Å²) in [6.07, 6.45) is 10.3. The van der Waals surface area contributed by atoms with Crippen LogP contribution < -0.4 is 10.6 Å². The molecule has 2 aliphatic heterocycles. The van der Waals surface area contributed by atoms with E-state index in [1.165, 1.54) is 12.8 Å². The molecule has 1 saturated heterocycles. The molecular formula is C16H23N3O2. The number of amides is 1. The number of rotatable bonds is 5. The molecule has 0 aromatic carbocycles. The van der Waals surface area contributed by atoms with Crippen LogP contribution in [-0.2, 0) is 9.59 Å². The molecule has 0 radical (unpaired) electrons. The first-order valence-corrected chi connectivity index (χ1v) is 7.56. The summed E-state index contributed by atoms with van der Waals surface area (Å²) in [5, 5.41) is 5.88. The Kier molecular flexibility index (Phi) is 5.20. The van der Waals surface area contributed by atoms with E-state index in [1.54, 1.807) is 0 Å². The van der Waals surface area contributed by atoms with Crippen molar-refractivity contribution in [2.45, 2.75) is 39.5 Å². The standard InChI is InChI=1S/C16H23N3O2/c1-3-4-5-6-9-19-11-14(20)16(21)18-15(19)13-8-7-12(2)10-17-13/h7-8,10,17H,3-6,9,11H2,1-2H3,(H,18,21). The van der Waals surface area contributed by atoms with Gasteiger partial charge in [-0.15, -0.1) is 0 Å². The van der Waals surface area contributed by atoms with Crippen LogP contribution in [0, 0.1) is 0 Å². The molecule has 0 aromatic rings. The highest BCUT2D eigenvalue weighted by Crippen LogP contribution is 2.16. The molecule has 21 heavy (non-hydrogen) atoms. The second kappa shape index (κ2) is 7.11. The fourth-order valence-electron chi connectivity index (χ4n) is 2.39. The molecular weight excluding hydrogens is 266 g/mol. The monoisotopic (exact) mass is 289 g/mol. The van der Waals surface area contributed by atoms with Gasteiger partial charge in [0.1, 0.15) is 5.82 Å². The number of hydrogen-bond donors (Lipinski definition) is 2. The number of nitrogens with zero attached hydrogens (tertiary/aromatic N) is 1. The number of carbonyl (C=O) groups is 2. The van der Waals surface area contributed by atoms with Gasteiger partial charge >= 0.3 is 0 Å². The molecule has 0 saturated carbocycles. The van der Waals surface area contributed by atoms with Crippen LogP contribution in [0.4, 0.5) is 0 Å². The quantitative estimate of drug-likeness (QED) is 0.598. The normalized spacial score (nSPS) is 22.0. The summed E-state index contributed by atoms with van der Waals surface area (Å²) in [6, 6.07) is 0. The zero-order chi connectivity index (χ0) is 15.2. The van der Waals surface area contributed by atoms with E-state index in [4.69, 9.17) is 0 Å². The molecule has 1 fully saturated rings. The molecule has 5 nitrogen and oxygen atoms in total. The van der Waals surface area contributed by atoms with Gasteiger partial charge in [0.15, 0.2) is 0 Å². The Morgan fingerprint density at radius 1 is 1.19 bits per heavy atom. The Balaban J connectivity index is 2.10. The largest absolute Gasteiger partial charge is 0.358 e. The SMILES string of the molecule is CCCCCCN1CC(=O)C(=O)NC1=C1C=CC(C)=CN1. The third-order valence-corrected chi connectivity index (χ3v) is 3.64. The maximum absolute atomic E-state index is 11.6. The Labute approximate surface area is 125 Å². The molecule has 2 heterocycles. The summed E-state index contributed by atoms with van der Waals surface area (Å²) in [5.74, 6) is -0.193. The van der Waals surface area contributed by atoms with Crippen LogP contribution in [-0.4, -0.2) is 29.7 Å². The predicted molar refractivity (Wildman–Crippen MR) is 81.9 cm³/mol. The first-order chi connectivity index (χ1) is 10.1. The van der Waals surface area contributed by atoms with E-state index in [1.807, 2.05) is 30.2 Å². The third-order valence-electron chi connectivity index (χ3n) is 3.64. The van der Waals surface area contributed by atoms with Crippen LogP contribution in [0.1, 0.15) is 39.5 Å². The Hall–Kier alpha value is -2.04. The van der Waals surface area contributed by atoms with Gasteiger partial charge in [0.25, 0.3) is 5.91 Å². The molecule has 2 rings (SSSR count). The van der Waals surface area contributed by atoms with E-state index < -0.39 is 5.91 Å². The molecule has 0 atom stereocenters. The van der Waals surface area contributed by atoms with Crippen molar-refractivity contribution in [2.24, 2.45) is 0 Å². The van der Waals surface area contributed by atoms with Crippen molar-refractivity contribution in [1.82, 2.24) is 15.5 Å². The third kappa shape index (κ3) is 3.97. The second-order valence-electron chi connectivity index (χ2n) is 5.49. The lowest BCUT2D eigenvalue weighted by atomic mass is 10.1. The number of ketones is 1. The molecule has 1 amide bonds. The molecule has 0 unspecified atom stereocenters. The van der Waals surface area contributed by atoms with E-state index in [-0.39, 0.29) is 12.3 Å². The average Bonchev–Trinajstić information content (AvgIpc) is 2.48. The van der Waals surface area contributed by atoms with Crippen molar-refractivity contribution < 1.29 is 9.59 Å². The molecule has 5 heteroatoms. The maximum atomic E-state index is 11.6. The minimum Gasteiger partial charge on any atom is -0.358 e. The highest BCUT2D eigenvalue weighted by molar-refractivity contribution is 6.38. The van der Waals surface area contributed by atoms with Gasteiger partial charge in [-0.3, -0.25) is 9.59 Å². The number of dihydropyridines is 1. The van der Waals surface area contributed by atoms with Crippen LogP contribution in [0.5, 0.6) is 0 Å². The van der Waals surface area contributed by atoms with Gasteiger partial charge in [0.05, 0.1) is 12.2 Å². The van der Waals surface area contributed by atoms with E-state index in [0.29, 0.717) is 5.82 Å². The second-order valence-corrected chi connectivity index (χ2v) is 5.49. The van der Waals surface area contributed by atoms with Gasteiger partial charge in [-0.1, -0.05) is 32.3 Å². The van der Waals surface area contributed by atoms with Gasteiger partial charge in [-0.25, -0.2) is 0 Å². The lowest BCUT2D eigenvalue weighted by molar-refractivity contribution is -0.140. The topological polar surface area (TPSA) is 61.4 Å². The van der Waals surface area contributed by atoms with E-state index >= 15 is 0 Å². The Morgan fingerprint density at radius 2 is 2.00 bits per heavy atom. The number of Topliss-reactive ketones (excluding diaryl/α,β-unsaturated/α-hetero) is 1. The summed E-state index contributed by atoms with van der Waals surface area (Å²) in [7, 11) is 0. The van der Waals surface area contributed by atoms with Gasteiger partial charge in [-0.05, 0) is 25.0 Å². The van der Waals surface area contributed by atoms with Gasteiger partial charge in [0, 0.05) is 12.7 Å². The van der Waals surface area contributed by atoms with Crippen molar-refractivity contribution >= 4 is 11.7 Å². The van der Waals surface area contributed by atoms with Crippen LogP contribution in [0.3, 0.4) is 0 Å². The number of unbranched alkanes of at least 4 members (excludes halogenated alkanes) is 3. The Morgan fingerprint density at radius 3 is 2.67 bits per heavy atom. The maximum Gasteiger partial charge on any atom is 0.294 e. The van der Waals surface area contributed by atoms with E-state index in [0.717, 1.165) is 30.7 Å². The van der Waals surface area contributed by atoms with Crippen LogP contribution in [0.15, 0.2) is 35.4 Å². The fourth-order valence-corrected chi connectivity index (χ4v) is 2.39. The first-order valence-electron chi connectivity index (χ1n) is 7.56. The highest BCUT2D eigenvalue weighted by atomic mass is 16.2. The Bertz CT molecular complexity index is 518. The highest BCUT2D eigenvalue weighted by Gasteiger charge is 2.29. The average molecular weight is 289 g/mol. The molecule has 2 N–H and O–H groups in total. The minimum absolute atomic E-state index is 0.162. The van der Waals surface area contributed by atoms with Crippen molar-refractivity contribution in [3.63, 3.8) is 0 Å². The van der Waals surface area contributed by atoms with Gasteiger partial charge < -0.3 is 15.5 Å². The fraction of sp³-hybridized carbons (Fsp3) is 0.500. The summed E-state index contributed by atoms with van der Waals surface area (Å²) < 4.78 is 0. The van der Waals surface area contributed by atoms with Crippen LogP contribution in [0.2, 0.25) is 0 Å². The van der Waals surface area contributed by atoms with E-state index in [9.17, 15) is 9.59 Å². The number of carbonyl (C=O) groups excluding carboxylic acids is 2.